The monoisotopic (exact) mass is 305 g/mol. The quantitative estimate of drug-likeness (QED) is 0.755. The Labute approximate surface area is 130 Å². The van der Waals surface area contributed by atoms with E-state index in [1.165, 1.54) is 5.56 Å². The number of nitrogens with one attached hydrogen (secondary N) is 1. The van der Waals surface area contributed by atoms with Gasteiger partial charge in [0.15, 0.2) is 0 Å². The molecule has 0 aliphatic heterocycles. The third kappa shape index (κ3) is 5.76. The van der Waals surface area contributed by atoms with Crippen LogP contribution in [-0.4, -0.2) is 20.3 Å². The molecule has 112 valence electrons. The van der Waals surface area contributed by atoms with Crippen LogP contribution in [0.4, 0.5) is 0 Å². The van der Waals surface area contributed by atoms with E-state index in [0.717, 1.165) is 29.4 Å². The molecule has 0 atom stereocenters. The SMILES string of the molecule is COCCNCc1cccc(OCc2cccc(Cl)c2)c1. The molecule has 21 heavy (non-hydrogen) atoms. The fourth-order valence-corrected chi connectivity index (χ4v) is 2.16. The standard InChI is InChI=1S/C17H20ClNO2/c1-20-9-8-19-12-14-4-3-7-17(11-14)21-13-15-5-2-6-16(18)10-15/h2-7,10-11,19H,8-9,12-13H2,1H3. The Morgan fingerprint density at radius 3 is 2.67 bits per heavy atom. The number of ether oxygens (including phenoxy) is 2. The van der Waals surface area contributed by atoms with Crippen molar-refractivity contribution in [2.24, 2.45) is 0 Å². The van der Waals surface area contributed by atoms with Gasteiger partial charge < -0.3 is 14.8 Å². The summed E-state index contributed by atoms with van der Waals surface area (Å²) in [6.07, 6.45) is 0. The zero-order chi connectivity index (χ0) is 14.9. The normalized spacial score (nSPS) is 10.6. The van der Waals surface area contributed by atoms with Gasteiger partial charge in [-0.25, -0.2) is 0 Å². The summed E-state index contributed by atoms with van der Waals surface area (Å²) >= 11 is 5.96. The molecular formula is C17H20ClNO2. The Bertz CT molecular complexity index is 560. The van der Waals surface area contributed by atoms with Gasteiger partial charge >= 0.3 is 0 Å². The minimum Gasteiger partial charge on any atom is -0.489 e. The average Bonchev–Trinajstić information content (AvgIpc) is 2.50. The van der Waals surface area contributed by atoms with Crippen LogP contribution in [0.5, 0.6) is 5.75 Å². The molecule has 0 amide bonds. The maximum atomic E-state index is 5.96. The second-order valence-electron chi connectivity index (χ2n) is 4.74. The molecule has 3 nitrogen and oxygen atoms in total. The second-order valence-corrected chi connectivity index (χ2v) is 5.17. The Morgan fingerprint density at radius 2 is 1.86 bits per heavy atom. The molecule has 0 fully saturated rings. The highest BCUT2D eigenvalue weighted by Gasteiger charge is 1.99. The summed E-state index contributed by atoms with van der Waals surface area (Å²) in [7, 11) is 1.70. The lowest BCUT2D eigenvalue weighted by atomic mass is 10.2. The van der Waals surface area contributed by atoms with E-state index >= 15 is 0 Å². The first-order valence-corrected chi connectivity index (χ1v) is 7.31. The molecule has 4 heteroatoms. The lowest BCUT2D eigenvalue weighted by Crippen LogP contribution is -2.18. The van der Waals surface area contributed by atoms with Crippen LogP contribution in [-0.2, 0) is 17.9 Å². The number of methoxy groups -OCH3 is 1. The zero-order valence-electron chi connectivity index (χ0n) is 12.1. The molecule has 0 saturated heterocycles. The van der Waals surface area contributed by atoms with Gasteiger partial charge in [0.05, 0.1) is 6.61 Å². The molecule has 0 heterocycles. The van der Waals surface area contributed by atoms with Gasteiger partial charge in [-0.3, -0.25) is 0 Å². The maximum Gasteiger partial charge on any atom is 0.120 e. The summed E-state index contributed by atoms with van der Waals surface area (Å²) in [4.78, 5) is 0. The fourth-order valence-electron chi connectivity index (χ4n) is 1.95. The molecule has 0 bridgehead atoms. The van der Waals surface area contributed by atoms with Crippen LogP contribution in [0.25, 0.3) is 0 Å². The van der Waals surface area contributed by atoms with Crippen LogP contribution in [0.3, 0.4) is 0 Å². The molecule has 0 aromatic heterocycles. The van der Waals surface area contributed by atoms with Gasteiger partial charge in [0.1, 0.15) is 12.4 Å². The molecule has 0 unspecified atom stereocenters. The molecule has 2 aromatic rings. The van der Waals surface area contributed by atoms with Crippen molar-refractivity contribution in [3.05, 3.63) is 64.7 Å². The van der Waals surface area contributed by atoms with E-state index in [1.807, 2.05) is 42.5 Å². The highest BCUT2D eigenvalue weighted by molar-refractivity contribution is 6.30. The summed E-state index contributed by atoms with van der Waals surface area (Å²) in [6, 6.07) is 15.8. The fraction of sp³-hybridized carbons (Fsp3) is 0.294. The molecule has 1 N–H and O–H groups in total. The van der Waals surface area contributed by atoms with Gasteiger partial charge in [-0.2, -0.15) is 0 Å². The Morgan fingerprint density at radius 1 is 1.05 bits per heavy atom. The molecule has 0 spiro atoms. The van der Waals surface area contributed by atoms with Gasteiger partial charge in [-0.05, 0) is 35.4 Å². The van der Waals surface area contributed by atoms with Crippen molar-refractivity contribution in [3.63, 3.8) is 0 Å². The summed E-state index contributed by atoms with van der Waals surface area (Å²) in [6.45, 7) is 2.87. The van der Waals surface area contributed by atoms with E-state index in [0.29, 0.717) is 13.2 Å². The number of benzene rings is 2. The lowest BCUT2D eigenvalue weighted by molar-refractivity contribution is 0.199. The average molecular weight is 306 g/mol. The van der Waals surface area contributed by atoms with Crippen molar-refractivity contribution >= 4 is 11.6 Å². The lowest BCUT2D eigenvalue weighted by Gasteiger charge is -2.09. The summed E-state index contributed by atoms with van der Waals surface area (Å²) in [5.41, 5.74) is 2.25. The number of hydrogen-bond acceptors (Lipinski definition) is 3. The topological polar surface area (TPSA) is 30.5 Å². The van der Waals surface area contributed by atoms with Crippen LogP contribution in [0.15, 0.2) is 48.5 Å². The van der Waals surface area contributed by atoms with Gasteiger partial charge in [-0.1, -0.05) is 35.9 Å². The Balaban J connectivity index is 1.86. The molecule has 2 rings (SSSR count). The second kappa shape index (κ2) is 8.67. The molecule has 2 aromatic carbocycles. The van der Waals surface area contributed by atoms with Crippen molar-refractivity contribution in [2.75, 3.05) is 20.3 Å². The first kappa shape index (κ1) is 15.8. The van der Waals surface area contributed by atoms with E-state index < -0.39 is 0 Å². The highest BCUT2D eigenvalue weighted by atomic mass is 35.5. The van der Waals surface area contributed by atoms with Crippen LogP contribution in [0.2, 0.25) is 5.02 Å². The van der Waals surface area contributed by atoms with E-state index in [2.05, 4.69) is 11.4 Å². The Kier molecular flexibility index (Phi) is 6.54. The van der Waals surface area contributed by atoms with Gasteiger partial charge in [0, 0.05) is 25.2 Å². The number of halogens is 1. The first-order valence-electron chi connectivity index (χ1n) is 6.94. The van der Waals surface area contributed by atoms with E-state index in [4.69, 9.17) is 21.1 Å². The van der Waals surface area contributed by atoms with Crippen molar-refractivity contribution in [1.29, 1.82) is 0 Å². The van der Waals surface area contributed by atoms with E-state index in [9.17, 15) is 0 Å². The van der Waals surface area contributed by atoms with Gasteiger partial charge in [-0.15, -0.1) is 0 Å². The van der Waals surface area contributed by atoms with Crippen molar-refractivity contribution in [3.8, 4) is 5.75 Å². The Hall–Kier alpha value is -1.55. The van der Waals surface area contributed by atoms with Gasteiger partial charge in [0.2, 0.25) is 0 Å². The zero-order valence-corrected chi connectivity index (χ0v) is 12.9. The summed E-state index contributed by atoms with van der Waals surface area (Å²) < 4.78 is 10.8. The molecular weight excluding hydrogens is 286 g/mol. The molecule has 0 aliphatic rings. The summed E-state index contributed by atoms with van der Waals surface area (Å²) in [5, 5.41) is 4.04. The van der Waals surface area contributed by atoms with Crippen LogP contribution in [0.1, 0.15) is 11.1 Å². The van der Waals surface area contributed by atoms with Crippen LogP contribution >= 0.6 is 11.6 Å². The van der Waals surface area contributed by atoms with Crippen LogP contribution in [0, 0.1) is 0 Å². The predicted octanol–water partition coefficient (Wildman–Crippen LogP) is 3.66. The van der Waals surface area contributed by atoms with Crippen LogP contribution < -0.4 is 10.1 Å². The van der Waals surface area contributed by atoms with E-state index in [1.54, 1.807) is 7.11 Å². The van der Waals surface area contributed by atoms with Gasteiger partial charge in [0.25, 0.3) is 0 Å². The number of hydrogen-bond donors (Lipinski definition) is 1. The molecule has 0 aliphatic carbocycles. The first-order chi connectivity index (χ1) is 10.3. The molecule has 0 radical (unpaired) electrons. The third-order valence-electron chi connectivity index (χ3n) is 3.01. The number of rotatable bonds is 8. The minimum atomic E-state index is 0.515. The highest BCUT2D eigenvalue weighted by Crippen LogP contribution is 2.17. The van der Waals surface area contributed by atoms with E-state index in [-0.39, 0.29) is 0 Å². The molecule has 0 saturated carbocycles. The third-order valence-corrected chi connectivity index (χ3v) is 3.24. The van der Waals surface area contributed by atoms with Crippen molar-refractivity contribution < 1.29 is 9.47 Å². The van der Waals surface area contributed by atoms with Crippen molar-refractivity contribution in [2.45, 2.75) is 13.2 Å². The smallest absolute Gasteiger partial charge is 0.120 e. The predicted molar refractivity (Wildman–Crippen MR) is 85.8 cm³/mol. The van der Waals surface area contributed by atoms with Crippen molar-refractivity contribution in [1.82, 2.24) is 5.32 Å². The maximum absolute atomic E-state index is 5.96. The summed E-state index contributed by atoms with van der Waals surface area (Å²) in [5.74, 6) is 0.862. The minimum absolute atomic E-state index is 0.515. The largest absolute Gasteiger partial charge is 0.489 e.